The average molecular weight is 325 g/mol. The first-order valence-corrected chi connectivity index (χ1v) is 10.4. The highest BCUT2D eigenvalue weighted by Gasteiger charge is 2.34. The molecule has 126 valence electrons. The second kappa shape index (κ2) is 7.94. The molecule has 1 N–H and O–H groups in total. The first-order valence-electron chi connectivity index (χ1n) is 9.14. The molecule has 2 nitrogen and oxygen atoms in total. The zero-order chi connectivity index (χ0) is 16.2. The third kappa shape index (κ3) is 4.12. The molecule has 1 aromatic heterocycles. The van der Waals surface area contributed by atoms with Gasteiger partial charge in [0.2, 0.25) is 0 Å². The van der Waals surface area contributed by atoms with Gasteiger partial charge in [-0.3, -0.25) is 0 Å². The molecule has 3 heteroatoms. The molecule has 22 heavy (non-hydrogen) atoms. The van der Waals surface area contributed by atoms with Gasteiger partial charge in [0.05, 0.1) is 22.7 Å². The van der Waals surface area contributed by atoms with Gasteiger partial charge in [-0.25, -0.2) is 0 Å². The standard InChI is InChI=1S/C19H34NOS/c1-5-19(4,21)15-18-17(16-11-9-8-10-12-16)13-14-22(18)20(6-2)7-3/h13-14,16,21H,5-12,15H2,1-4H3/q+1. The maximum atomic E-state index is 10.7. The molecule has 2 unspecified atom stereocenters. The molecule has 0 amide bonds. The molecule has 1 aromatic rings. The van der Waals surface area contributed by atoms with Gasteiger partial charge in [0.25, 0.3) is 0 Å². The number of hydrogen-bond donors (Lipinski definition) is 1. The Morgan fingerprint density at radius 3 is 2.36 bits per heavy atom. The average Bonchev–Trinajstić information content (AvgIpc) is 2.92. The molecule has 0 radical (unpaired) electrons. The van der Waals surface area contributed by atoms with E-state index in [1.165, 1.54) is 37.0 Å². The van der Waals surface area contributed by atoms with E-state index >= 15 is 0 Å². The van der Waals surface area contributed by atoms with E-state index in [1.54, 1.807) is 5.56 Å². The Balaban J connectivity index is 2.35. The largest absolute Gasteiger partial charge is 0.390 e. The summed E-state index contributed by atoms with van der Waals surface area (Å²) in [7, 11) is 0.0897. The van der Waals surface area contributed by atoms with Crippen LogP contribution in [0.5, 0.6) is 0 Å². The summed E-state index contributed by atoms with van der Waals surface area (Å²) in [6.45, 7) is 10.8. The fourth-order valence-corrected chi connectivity index (χ4v) is 6.02. The summed E-state index contributed by atoms with van der Waals surface area (Å²) in [5.74, 6) is 0.737. The summed E-state index contributed by atoms with van der Waals surface area (Å²) >= 11 is 0. The van der Waals surface area contributed by atoms with Crippen LogP contribution in [0.2, 0.25) is 0 Å². The minimum atomic E-state index is -0.570. The minimum absolute atomic E-state index is 0.0897. The van der Waals surface area contributed by atoms with E-state index in [0.717, 1.165) is 31.8 Å². The Labute approximate surface area is 139 Å². The van der Waals surface area contributed by atoms with Gasteiger partial charge >= 0.3 is 0 Å². The van der Waals surface area contributed by atoms with Crippen LogP contribution in [0.3, 0.4) is 0 Å². The Morgan fingerprint density at radius 1 is 1.18 bits per heavy atom. The van der Waals surface area contributed by atoms with E-state index in [2.05, 4.69) is 36.5 Å². The molecule has 0 bridgehead atoms. The SMILES string of the molecule is CCN(CC)[s+]1ccc(C2CCCCC2)c1CC(C)(O)CC. The highest BCUT2D eigenvalue weighted by molar-refractivity contribution is 7.32. The molecule has 1 saturated carbocycles. The van der Waals surface area contributed by atoms with Gasteiger partial charge in [0.1, 0.15) is 0 Å². The van der Waals surface area contributed by atoms with Crippen LogP contribution in [0.25, 0.3) is 0 Å². The molecule has 0 spiro atoms. The van der Waals surface area contributed by atoms with E-state index in [0.29, 0.717) is 0 Å². The van der Waals surface area contributed by atoms with E-state index in [9.17, 15) is 5.11 Å². The van der Waals surface area contributed by atoms with Crippen LogP contribution in [0.4, 0.5) is 0 Å². The summed E-state index contributed by atoms with van der Waals surface area (Å²) in [5.41, 5.74) is 1.00. The molecule has 0 saturated heterocycles. The van der Waals surface area contributed by atoms with Crippen LogP contribution >= 0.6 is 10.7 Å². The van der Waals surface area contributed by atoms with Crippen molar-refractivity contribution in [3.8, 4) is 0 Å². The van der Waals surface area contributed by atoms with Gasteiger partial charge in [-0.1, -0.05) is 26.2 Å². The second-order valence-electron chi connectivity index (χ2n) is 6.97. The van der Waals surface area contributed by atoms with Crippen molar-refractivity contribution in [2.75, 3.05) is 17.4 Å². The van der Waals surface area contributed by atoms with Gasteiger partial charge in [-0.05, 0) is 46.0 Å². The lowest BCUT2D eigenvalue weighted by molar-refractivity contribution is 0.0569. The Bertz CT molecular complexity index is 456. The highest BCUT2D eigenvalue weighted by atomic mass is 32.2. The zero-order valence-electron chi connectivity index (χ0n) is 14.9. The molecule has 1 aliphatic carbocycles. The summed E-state index contributed by atoms with van der Waals surface area (Å²) in [4.78, 5) is 1.53. The fraction of sp³-hybridized carbons (Fsp3) is 0.789. The maximum absolute atomic E-state index is 10.7. The number of nitrogens with zero attached hydrogens (tertiary/aromatic N) is 1. The van der Waals surface area contributed by atoms with Gasteiger partial charge in [0.15, 0.2) is 10.3 Å². The van der Waals surface area contributed by atoms with Crippen molar-refractivity contribution < 1.29 is 5.11 Å². The van der Waals surface area contributed by atoms with Crippen LogP contribution in [0.15, 0.2) is 11.4 Å². The Hall–Kier alpha value is -0.380. The first kappa shape index (κ1) is 18.0. The quantitative estimate of drug-likeness (QED) is 0.700. The maximum Gasteiger partial charge on any atom is 0.178 e. The topological polar surface area (TPSA) is 23.5 Å². The van der Waals surface area contributed by atoms with Crippen molar-refractivity contribution in [1.29, 1.82) is 0 Å². The monoisotopic (exact) mass is 324 g/mol. The van der Waals surface area contributed by atoms with E-state index in [4.69, 9.17) is 0 Å². The molecule has 0 aliphatic heterocycles. The van der Waals surface area contributed by atoms with Crippen molar-refractivity contribution in [2.24, 2.45) is 0 Å². The van der Waals surface area contributed by atoms with Gasteiger partial charge < -0.3 is 5.11 Å². The predicted octanol–water partition coefficient (Wildman–Crippen LogP) is 5.16. The van der Waals surface area contributed by atoms with Crippen LogP contribution in [0, 0.1) is 0 Å². The highest BCUT2D eigenvalue weighted by Crippen LogP contribution is 2.42. The van der Waals surface area contributed by atoms with Crippen molar-refractivity contribution in [2.45, 2.75) is 84.2 Å². The fourth-order valence-electron chi connectivity index (χ4n) is 3.60. The number of thiophene rings is 1. The van der Waals surface area contributed by atoms with Gasteiger partial charge in [-0.15, -0.1) is 4.31 Å². The first-order chi connectivity index (χ1) is 10.5. The number of aliphatic hydroxyl groups is 1. The number of rotatable bonds is 7. The second-order valence-corrected chi connectivity index (χ2v) is 8.88. The van der Waals surface area contributed by atoms with Crippen molar-refractivity contribution in [1.82, 2.24) is 0 Å². The lowest BCUT2D eigenvalue weighted by atomic mass is 9.83. The van der Waals surface area contributed by atoms with Gasteiger partial charge in [0, 0.05) is 24.7 Å². The van der Waals surface area contributed by atoms with Crippen molar-refractivity contribution in [3.63, 3.8) is 0 Å². The van der Waals surface area contributed by atoms with Crippen LogP contribution < -0.4 is 4.31 Å². The summed E-state index contributed by atoms with van der Waals surface area (Å²) in [6, 6.07) is 2.40. The molecule has 2 rings (SSSR count). The van der Waals surface area contributed by atoms with Crippen molar-refractivity contribution >= 4 is 10.7 Å². The molecule has 0 aromatic carbocycles. The summed E-state index contributed by atoms with van der Waals surface area (Å²) in [5, 5.41) is 13.1. The Morgan fingerprint density at radius 2 is 1.82 bits per heavy atom. The zero-order valence-corrected chi connectivity index (χ0v) is 15.7. The summed E-state index contributed by atoms with van der Waals surface area (Å²) in [6.07, 6.45) is 8.49. The normalized spacial score (nSPS) is 20.4. The molecule has 1 fully saturated rings. The molecular weight excluding hydrogens is 290 g/mol. The van der Waals surface area contributed by atoms with Crippen LogP contribution in [0.1, 0.15) is 82.6 Å². The van der Waals surface area contributed by atoms with Crippen LogP contribution in [-0.2, 0) is 6.42 Å². The molecule has 2 atom stereocenters. The van der Waals surface area contributed by atoms with E-state index < -0.39 is 5.60 Å². The Kier molecular flexibility index (Phi) is 6.48. The smallest absolute Gasteiger partial charge is 0.178 e. The van der Waals surface area contributed by atoms with E-state index in [-0.39, 0.29) is 10.7 Å². The molecular formula is C19H34NOS+. The van der Waals surface area contributed by atoms with Crippen LogP contribution in [-0.4, -0.2) is 23.8 Å². The van der Waals surface area contributed by atoms with Gasteiger partial charge in [-0.2, -0.15) is 0 Å². The van der Waals surface area contributed by atoms with Crippen molar-refractivity contribution in [3.05, 3.63) is 21.9 Å². The minimum Gasteiger partial charge on any atom is -0.390 e. The number of hydrogen-bond acceptors (Lipinski definition) is 2. The van der Waals surface area contributed by atoms with E-state index in [1.807, 2.05) is 6.92 Å². The third-order valence-electron chi connectivity index (χ3n) is 5.28. The predicted molar refractivity (Wildman–Crippen MR) is 98.7 cm³/mol. The molecule has 1 heterocycles. The summed E-state index contributed by atoms with van der Waals surface area (Å²) < 4.78 is 2.55. The molecule has 1 aliphatic rings. The third-order valence-corrected chi connectivity index (χ3v) is 7.63. The lowest BCUT2D eigenvalue weighted by Gasteiger charge is -2.24. The lowest BCUT2D eigenvalue weighted by Crippen LogP contribution is -2.28.